The Bertz CT molecular complexity index is 1280. The summed E-state index contributed by atoms with van der Waals surface area (Å²) in [5, 5.41) is 3.91. The van der Waals surface area contributed by atoms with Crippen LogP contribution in [0.2, 0.25) is 0 Å². The SMILES string of the molecule is COc1ccc(NC(=O)CN2C(=O)c3ccccc3C2c2c[nH]c3ccccc23)cc1. The van der Waals surface area contributed by atoms with Crippen molar-refractivity contribution in [3.8, 4) is 5.75 Å². The third kappa shape index (κ3) is 3.32. The van der Waals surface area contributed by atoms with Gasteiger partial charge in [0.05, 0.1) is 13.2 Å². The monoisotopic (exact) mass is 411 g/mol. The van der Waals surface area contributed by atoms with Crippen LogP contribution < -0.4 is 10.1 Å². The van der Waals surface area contributed by atoms with Crippen LogP contribution >= 0.6 is 0 Å². The molecule has 31 heavy (non-hydrogen) atoms. The lowest BCUT2D eigenvalue weighted by Crippen LogP contribution is -2.36. The van der Waals surface area contributed by atoms with Crippen LogP contribution in [0.4, 0.5) is 5.69 Å². The van der Waals surface area contributed by atoms with Crippen LogP contribution in [0.1, 0.15) is 27.5 Å². The van der Waals surface area contributed by atoms with Crippen molar-refractivity contribution >= 4 is 28.4 Å². The highest BCUT2D eigenvalue weighted by atomic mass is 16.5. The lowest BCUT2D eigenvalue weighted by atomic mass is 9.97. The highest BCUT2D eigenvalue weighted by Crippen LogP contribution is 2.40. The Morgan fingerprint density at radius 3 is 2.55 bits per heavy atom. The standard InChI is InChI=1S/C25H21N3O3/c1-31-17-12-10-16(11-13-17)27-23(29)15-28-24(19-7-2-3-8-20(19)25(28)30)21-14-26-22-9-5-4-6-18(21)22/h2-14,24,26H,15H2,1H3,(H,27,29). The van der Waals surface area contributed by atoms with Gasteiger partial charge in [0.15, 0.2) is 0 Å². The van der Waals surface area contributed by atoms with Gasteiger partial charge in [-0.1, -0.05) is 36.4 Å². The third-order valence-electron chi connectivity index (χ3n) is 5.66. The average molecular weight is 411 g/mol. The quantitative estimate of drug-likeness (QED) is 0.512. The summed E-state index contributed by atoms with van der Waals surface area (Å²) < 4.78 is 5.15. The number of aromatic nitrogens is 1. The zero-order valence-corrected chi connectivity index (χ0v) is 17.0. The fourth-order valence-electron chi connectivity index (χ4n) is 4.22. The van der Waals surface area contributed by atoms with Gasteiger partial charge in [-0.25, -0.2) is 0 Å². The van der Waals surface area contributed by atoms with E-state index >= 15 is 0 Å². The van der Waals surface area contributed by atoms with Crippen LogP contribution in [0.25, 0.3) is 10.9 Å². The molecule has 4 aromatic rings. The van der Waals surface area contributed by atoms with E-state index in [-0.39, 0.29) is 24.4 Å². The van der Waals surface area contributed by atoms with Crippen LogP contribution in [-0.4, -0.2) is 35.4 Å². The van der Waals surface area contributed by atoms with Crippen molar-refractivity contribution in [3.05, 3.63) is 95.7 Å². The van der Waals surface area contributed by atoms with E-state index in [0.29, 0.717) is 17.0 Å². The number of hydrogen-bond acceptors (Lipinski definition) is 3. The third-order valence-corrected chi connectivity index (χ3v) is 5.66. The van der Waals surface area contributed by atoms with Gasteiger partial charge in [-0.05, 0) is 42.0 Å². The topological polar surface area (TPSA) is 74.4 Å². The summed E-state index contributed by atoms with van der Waals surface area (Å²) >= 11 is 0. The molecule has 0 saturated heterocycles. The first-order valence-corrected chi connectivity index (χ1v) is 10.1. The van der Waals surface area contributed by atoms with E-state index in [0.717, 1.165) is 22.0 Å². The molecule has 1 unspecified atom stereocenters. The normalized spacial score (nSPS) is 15.2. The molecule has 0 aliphatic carbocycles. The number of rotatable bonds is 5. The number of H-pyrrole nitrogens is 1. The number of carbonyl (C=O) groups excluding carboxylic acids is 2. The summed E-state index contributed by atoms with van der Waals surface area (Å²) in [5.74, 6) is 0.314. The van der Waals surface area contributed by atoms with E-state index in [1.807, 2.05) is 54.7 Å². The van der Waals surface area contributed by atoms with Gasteiger partial charge in [0.2, 0.25) is 5.91 Å². The Morgan fingerprint density at radius 1 is 1.00 bits per heavy atom. The highest BCUT2D eigenvalue weighted by Gasteiger charge is 2.39. The number of carbonyl (C=O) groups is 2. The second-order valence-corrected chi connectivity index (χ2v) is 7.49. The van der Waals surface area contributed by atoms with Crippen LogP contribution in [0.5, 0.6) is 5.75 Å². The Balaban J connectivity index is 1.47. The van der Waals surface area contributed by atoms with Crippen LogP contribution in [0.3, 0.4) is 0 Å². The van der Waals surface area contributed by atoms with Gasteiger partial charge in [-0.3, -0.25) is 9.59 Å². The summed E-state index contributed by atoms with van der Waals surface area (Å²) in [6, 6.07) is 22.3. The summed E-state index contributed by atoms with van der Waals surface area (Å²) in [5.41, 5.74) is 4.17. The molecular formula is C25H21N3O3. The van der Waals surface area contributed by atoms with Crippen molar-refractivity contribution in [1.29, 1.82) is 0 Å². The number of benzene rings is 3. The van der Waals surface area contributed by atoms with Gasteiger partial charge >= 0.3 is 0 Å². The molecule has 1 aliphatic heterocycles. The minimum absolute atomic E-state index is 0.0519. The maximum Gasteiger partial charge on any atom is 0.255 e. The molecule has 0 spiro atoms. The van der Waals surface area contributed by atoms with Crippen molar-refractivity contribution in [3.63, 3.8) is 0 Å². The summed E-state index contributed by atoms with van der Waals surface area (Å²) in [4.78, 5) is 31.0. The van der Waals surface area contributed by atoms with Crippen molar-refractivity contribution in [2.45, 2.75) is 6.04 Å². The van der Waals surface area contributed by atoms with E-state index in [1.165, 1.54) is 0 Å². The molecule has 5 rings (SSSR count). The Hall–Kier alpha value is -4.06. The molecule has 6 nitrogen and oxygen atoms in total. The van der Waals surface area contributed by atoms with E-state index < -0.39 is 0 Å². The van der Waals surface area contributed by atoms with Crippen molar-refractivity contribution in [2.75, 3.05) is 19.0 Å². The fourth-order valence-corrected chi connectivity index (χ4v) is 4.22. The van der Waals surface area contributed by atoms with Crippen LogP contribution in [0, 0.1) is 0 Å². The summed E-state index contributed by atoms with van der Waals surface area (Å²) in [6.07, 6.45) is 1.93. The first kappa shape index (κ1) is 18.9. The number of nitrogens with one attached hydrogen (secondary N) is 2. The number of anilines is 1. The van der Waals surface area contributed by atoms with E-state index in [2.05, 4.69) is 10.3 Å². The average Bonchev–Trinajstić information content (AvgIpc) is 3.33. The maximum absolute atomic E-state index is 13.2. The fraction of sp³-hybridized carbons (Fsp3) is 0.120. The molecular weight excluding hydrogens is 390 g/mol. The van der Waals surface area contributed by atoms with Gasteiger partial charge in [0.25, 0.3) is 5.91 Å². The largest absolute Gasteiger partial charge is 0.497 e. The molecule has 1 aromatic heterocycles. The number of ether oxygens (including phenoxy) is 1. The Kier molecular flexibility index (Phi) is 4.67. The lowest BCUT2D eigenvalue weighted by Gasteiger charge is -2.25. The van der Waals surface area contributed by atoms with Gasteiger partial charge in [0, 0.05) is 33.9 Å². The minimum atomic E-state index is -0.332. The molecule has 2 N–H and O–H groups in total. The molecule has 6 heteroatoms. The zero-order chi connectivity index (χ0) is 21.4. The predicted octanol–water partition coefficient (Wildman–Crippen LogP) is 4.36. The molecule has 0 saturated carbocycles. The Labute approximate surface area is 179 Å². The first-order chi connectivity index (χ1) is 15.2. The molecule has 154 valence electrons. The number of methoxy groups -OCH3 is 1. The number of aromatic amines is 1. The minimum Gasteiger partial charge on any atom is -0.497 e. The second-order valence-electron chi connectivity index (χ2n) is 7.49. The van der Waals surface area contributed by atoms with Crippen molar-refractivity contribution in [1.82, 2.24) is 9.88 Å². The van der Waals surface area contributed by atoms with E-state index in [1.54, 1.807) is 36.3 Å². The first-order valence-electron chi connectivity index (χ1n) is 10.1. The molecule has 0 bridgehead atoms. The molecule has 3 aromatic carbocycles. The van der Waals surface area contributed by atoms with E-state index in [9.17, 15) is 9.59 Å². The number of nitrogens with zero attached hydrogens (tertiary/aromatic N) is 1. The predicted molar refractivity (Wildman–Crippen MR) is 119 cm³/mol. The number of amides is 2. The van der Waals surface area contributed by atoms with Gasteiger partial charge in [0.1, 0.15) is 12.3 Å². The van der Waals surface area contributed by atoms with Gasteiger partial charge in [-0.15, -0.1) is 0 Å². The molecule has 0 fully saturated rings. The molecule has 2 heterocycles. The smallest absolute Gasteiger partial charge is 0.255 e. The number of para-hydroxylation sites is 1. The van der Waals surface area contributed by atoms with Crippen LogP contribution in [0.15, 0.2) is 79.0 Å². The van der Waals surface area contributed by atoms with Gasteiger partial charge in [-0.2, -0.15) is 0 Å². The molecule has 2 amide bonds. The molecule has 1 atom stereocenters. The Morgan fingerprint density at radius 2 is 1.74 bits per heavy atom. The lowest BCUT2D eigenvalue weighted by molar-refractivity contribution is -0.117. The summed E-state index contributed by atoms with van der Waals surface area (Å²) in [6.45, 7) is -0.0519. The van der Waals surface area contributed by atoms with Crippen molar-refractivity contribution < 1.29 is 14.3 Å². The van der Waals surface area contributed by atoms with Crippen molar-refractivity contribution in [2.24, 2.45) is 0 Å². The second kappa shape index (κ2) is 7.65. The number of fused-ring (bicyclic) bond motifs is 2. The number of hydrogen-bond donors (Lipinski definition) is 2. The highest BCUT2D eigenvalue weighted by molar-refractivity contribution is 6.04. The molecule has 1 aliphatic rings. The van der Waals surface area contributed by atoms with Gasteiger partial charge < -0.3 is 19.9 Å². The zero-order valence-electron chi connectivity index (χ0n) is 17.0. The maximum atomic E-state index is 13.2. The van der Waals surface area contributed by atoms with E-state index in [4.69, 9.17) is 4.74 Å². The summed E-state index contributed by atoms with van der Waals surface area (Å²) in [7, 11) is 1.59. The van der Waals surface area contributed by atoms with Crippen LogP contribution in [-0.2, 0) is 4.79 Å². The molecule has 0 radical (unpaired) electrons.